The summed E-state index contributed by atoms with van der Waals surface area (Å²) in [5.74, 6) is 1.90. The standard InChI is InChI=1S/C37H24N7/c1-4-11-24(12-5-1)34-40-35(25-13-6-2-7-14-25)42-36(41-34)26-18-19-30-28(21-26)29-22-38-23-32-33(29)44(30)37-31(17-10-20-39-37)43(32)27-15-8-3-9-16-27/h1-23,37H/q+1. The second kappa shape index (κ2) is 9.74. The largest absolute Gasteiger partial charge is 0.303 e. The molecule has 5 heterocycles. The number of fused-ring (bicyclic) bond motifs is 5. The van der Waals surface area contributed by atoms with Crippen LogP contribution in [0.15, 0.2) is 139 Å². The van der Waals surface area contributed by atoms with E-state index in [0.717, 1.165) is 55.6 Å². The summed E-state index contributed by atoms with van der Waals surface area (Å²) in [5.41, 5.74) is 8.17. The number of hydrogen-bond donors (Lipinski definition) is 0. The molecule has 7 nitrogen and oxygen atoms in total. The highest BCUT2D eigenvalue weighted by Crippen LogP contribution is 2.43. The molecule has 9 rings (SSSR count). The van der Waals surface area contributed by atoms with Gasteiger partial charge in [-0.05, 0) is 24.3 Å². The molecule has 2 aliphatic rings. The van der Waals surface area contributed by atoms with Crippen molar-refractivity contribution >= 4 is 45.1 Å². The number of rotatable bonds is 4. The average molecular weight is 567 g/mol. The molecule has 0 aliphatic carbocycles. The lowest BCUT2D eigenvalue weighted by atomic mass is 10.1. The molecule has 4 aromatic carbocycles. The van der Waals surface area contributed by atoms with Crippen molar-refractivity contribution in [2.75, 3.05) is 0 Å². The van der Waals surface area contributed by atoms with Gasteiger partial charge in [-0.3, -0.25) is 9.98 Å². The van der Waals surface area contributed by atoms with Crippen LogP contribution >= 0.6 is 0 Å². The van der Waals surface area contributed by atoms with Gasteiger partial charge in [-0.1, -0.05) is 78.9 Å². The van der Waals surface area contributed by atoms with Gasteiger partial charge in [0.05, 0.1) is 5.52 Å². The molecule has 0 spiro atoms. The number of hydrogen-bond acceptors (Lipinski definition) is 5. The van der Waals surface area contributed by atoms with E-state index in [9.17, 15) is 0 Å². The van der Waals surface area contributed by atoms with Crippen LogP contribution in [-0.4, -0.2) is 36.4 Å². The van der Waals surface area contributed by atoms with Crippen LogP contribution in [0.2, 0.25) is 0 Å². The molecule has 44 heavy (non-hydrogen) atoms. The van der Waals surface area contributed by atoms with E-state index in [1.165, 1.54) is 0 Å². The van der Waals surface area contributed by atoms with Gasteiger partial charge in [-0.25, -0.2) is 15.0 Å². The molecule has 3 aromatic heterocycles. The van der Waals surface area contributed by atoms with E-state index in [1.807, 2.05) is 91.4 Å². The first-order valence-electron chi connectivity index (χ1n) is 14.5. The number of benzene rings is 4. The van der Waals surface area contributed by atoms with Crippen LogP contribution in [0.3, 0.4) is 0 Å². The van der Waals surface area contributed by atoms with Crippen molar-refractivity contribution in [2.24, 2.45) is 4.99 Å². The molecule has 206 valence electrons. The van der Waals surface area contributed by atoms with Crippen LogP contribution in [0, 0.1) is 0 Å². The zero-order valence-electron chi connectivity index (χ0n) is 23.5. The van der Waals surface area contributed by atoms with Crippen molar-refractivity contribution in [2.45, 2.75) is 6.17 Å². The first-order chi connectivity index (χ1) is 21.8. The molecule has 0 saturated carbocycles. The fraction of sp³-hybridized carbons (Fsp3) is 0.0270. The van der Waals surface area contributed by atoms with Gasteiger partial charge < -0.3 is 4.57 Å². The third-order valence-corrected chi connectivity index (χ3v) is 8.25. The maximum absolute atomic E-state index is 4.97. The summed E-state index contributed by atoms with van der Waals surface area (Å²) in [7, 11) is 0. The Morgan fingerprint density at radius 2 is 1.25 bits per heavy atom. The number of allylic oxidation sites excluding steroid dienone is 1. The Labute approximate surface area is 252 Å². The Balaban J connectivity index is 1.28. The maximum Gasteiger partial charge on any atom is 0.254 e. The van der Waals surface area contributed by atoms with Gasteiger partial charge in [0, 0.05) is 58.1 Å². The van der Waals surface area contributed by atoms with Crippen LogP contribution in [0.25, 0.3) is 56.0 Å². The lowest BCUT2D eigenvalue weighted by Crippen LogP contribution is -2.31. The average Bonchev–Trinajstić information content (AvgIpc) is 3.44. The lowest BCUT2D eigenvalue weighted by Gasteiger charge is -2.23. The predicted molar refractivity (Wildman–Crippen MR) is 177 cm³/mol. The van der Waals surface area contributed by atoms with Crippen molar-refractivity contribution in [3.63, 3.8) is 0 Å². The Morgan fingerprint density at radius 3 is 1.93 bits per heavy atom. The summed E-state index contributed by atoms with van der Waals surface area (Å²) < 4.78 is 4.61. The summed E-state index contributed by atoms with van der Waals surface area (Å²) in [5, 5.41) is 2.14. The van der Waals surface area contributed by atoms with Gasteiger partial charge in [-0.2, -0.15) is 4.58 Å². The van der Waals surface area contributed by atoms with E-state index in [0.29, 0.717) is 17.5 Å². The van der Waals surface area contributed by atoms with E-state index in [4.69, 9.17) is 24.9 Å². The summed E-state index contributed by atoms with van der Waals surface area (Å²) in [6.45, 7) is 0. The number of aliphatic imine (C=N–C) groups is 1. The molecule has 0 amide bonds. The lowest BCUT2D eigenvalue weighted by molar-refractivity contribution is 0.693. The molecule has 0 saturated heterocycles. The van der Waals surface area contributed by atoms with Crippen LogP contribution in [0.4, 0.5) is 11.4 Å². The Bertz CT molecular complexity index is 2260. The number of nitrogens with zero attached hydrogens (tertiary/aromatic N) is 7. The Kier molecular flexibility index (Phi) is 5.43. The highest BCUT2D eigenvalue weighted by molar-refractivity contribution is 6.18. The zero-order valence-corrected chi connectivity index (χ0v) is 23.5. The quantitative estimate of drug-likeness (QED) is 0.204. The van der Waals surface area contributed by atoms with Gasteiger partial charge in [0.25, 0.3) is 5.69 Å². The van der Waals surface area contributed by atoms with Crippen LogP contribution in [0.5, 0.6) is 0 Å². The van der Waals surface area contributed by atoms with Crippen molar-refractivity contribution < 1.29 is 0 Å². The van der Waals surface area contributed by atoms with Gasteiger partial charge >= 0.3 is 0 Å². The number of pyridine rings is 1. The molecule has 0 fully saturated rings. The van der Waals surface area contributed by atoms with Crippen molar-refractivity contribution in [1.82, 2.24) is 29.1 Å². The summed E-state index contributed by atoms with van der Waals surface area (Å²) in [6.07, 6.45) is 9.73. The summed E-state index contributed by atoms with van der Waals surface area (Å²) >= 11 is 0. The number of aromatic nitrogens is 5. The number of para-hydroxylation sites is 1. The van der Waals surface area contributed by atoms with Crippen molar-refractivity contribution in [1.29, 1.82) is 0 Å². The normalized spacial score (nSPS) is 15.2. The number of dihydropyridines is 1. The van der Waals surface area contributed by atoms with E-state index in [-0.39, 0.29) is 6.17 Å². The highest BCUT2D eigenvalue weighted by Gasteiger charge is 2.38. The van der Waals surface area contributed by atoms with E-state index in [1.54, 1.807) is 0 Å². The van der Waals surface area contributed by atoms with E-state index in [2.05, 4.69) is 57.7 Å². The second-order valence-corrected chi connectivity index (χ2v) is 10.8. The molecule has 0 bridgehead atoms. The zero-order chi connectivity index (χ0) is 29.0. The topological polar surface area (TPSA) is 71.9 Å². The minimum absolute atomic E-state index is 0.201. The smallest absolute Gasteiger partial charge is 0.254 e. The summed E-state index contributed by atoms with van der Waals surface area (Å²) in [6, 6.07) is 37.0. The first-order valence-corrected chi connectivity index (χ1v) is 14.5. The van der Waals surface area contributed by atoms with Gasteiger partial charge in [-0.15, -0.1) is 0 Å². The van der Waals surface area contributed by atoms with Crippen molar-refractivity contribution in [3.05, 3.63) is 134 Å². The van der Waals surface area contributed by atoms with Crippen LogP contribution in [-0.2, 0) is 0 Å². The SMILES string of the molecule is C1=CC2=[N+](c3ccccc3)c3cncc4c5cc(-c6nc(-c7ccccc7)nc(-c7ccccc7)n6)ccc5n(c34)C2N=C1. The Morgan fingerprint density at radius 1 is 0.614 bits per heavy atom. The van der Waals surface area contributed by atoms with Gasteiger partial charge in [0.2, 0.25) is 17.6 Å². The van der Waals surface area contributed by atoms with Gasteiger partial charge in [0.15, 0.2) is 17.5 Å². The molecule has 1 unspecified atom stereocenters. The monoisotopic (exact) mass is 566 g/mol. The third kappa shape index (κ3) is 3.76. The summed E-state index contributed by atoms with van der Waals surface area (Å²) in [4.78, 5) is 24.5. The molecular formula is C37H24N7+. The third-order valence-electron chi connectivity index (χ3n) is 8.25. The molecular weight excluding hydrogens is 542 g/mol. The fourth-order valence-electron chi connectivity index (χ4n) is 6.30. The molecule has 2 aliphatic heterocycles. The maximum atomic E-state index is 4.97. The Hall–Kier alpha value is -6.08. The van der Waals surface area contributed by atoms with Crippen LogP contribution < -0.4 is 4.58 Å². The van der Waals surface area contributed by atoms with E-state index < -0.39 is 0 Å². The molecule has 7 heteroatoms. The second-order valence-electron chi connectivity index (χ2n) is 10.8. The van der Waals surface area contributed by atoms with Gasteiger partial charge in [0.1, 0.15) is 11.7 Å². The highest BCUT2D eigenvalue weighted by atomic mass is 15.2. The van der Waals surface area contributed by atoms with Crippen LogP contribution in [0.1, 0.15) is 6.17 Å². The van der Waals surface area contributed by atoms with Crippen molar-refractivity contribution in [3.8, 4) is 34.2 Å². The molecule has 7 aromatic rings. The minimum Gasteiger partial charge on any atom is -0.303 e. The first kappa shape index (κ1) is 24.5. The molecule has 0 N–H and O–H groups in total. The minimum atomic E-state index is -0.201. The van der Waals surface area contributed by atoms with E-state index >= 15 is 0 Å². The fourth-order valence-corrected chi connectivity index (χ4v) is 6.30. The predicted octanol–water partition coefficient (Wildman–Crippen LogP) is 7.80. The molecule has 0 radical (unpaired) electrons. The molecule has 1 atom stereocenters.